The molecule has 9 nitrogen and oxygen atoms in total. The monoisotopic (exact) mass is 406 g/mol. The number of hydrogen-bond donors (Lipinski definition) is 4. The zero-order valence-electron chi connectivity index (χ0n) is 15.5. The molecule has 0 saturated heterocycles. The lowest BCUT2D eigenvalue weighted by Gasteiger charge is -2.07. The van der Waals surface area contributed by atoms with Crippen LogP contribution in [-0.2, 0) is 0 Å². The summed E-state index contributed by atoms with van der Waals surface area (Å²) >= 11 is 1.38. The zero-order valence-corrected chi connectivity index (χ0v) is 16.3. The van der Waals surface area contributed by atoms with Crippen molar-refractivity contribution in [3.63, 3.8) is 0 Å². The Morgan fingerprint density at radius 2 is 1.79 bits per heavy atom. The second-order valence-corrected chi connectivity index (χ2v) is 7.18. The van der Waals surface area contributed by atoms with E-state index >= 15 is 0 Å². The van der Waals surface area contributed by atoms with Crippen LogP contribution in [-0.4, -0.2) is 32.5 Å². The van der Waals surface area contributed by atoms with E-state index in [2.05, 4.69) is 30.6 Å². The summed E-state index contributed by atoms with van der Waals surface area (Å²) in [4.78, 5) is 28.8. The summed E-state index contributed by atoms with van der Waals surface area (Å²) < 4.78 is 0.900. The molecule has 29 heavy (non-hydrogen) atoms. The van der Waals surface area contributed by atoms with Crippen molar-refractivity contribution in [3.8, 4) is 22.3 Å². The number of hydrogen-bond acceptors (Lipinski definition) is 8. The van der Waals surface area contributed by atoms with Gasteiger partial charge in [-0.05, 0) is 36.8 Å². The molecular weight excluding hydrogens is 388 g/mol. The van der Waals surface area contributed by atoms with Crippen molar-refractivity contribution < 1.29 is 4.79 Å². The predicted octanol–water partition coefficient (Wildman–Crippen LogP) is 3.12. The molecule has 1 aromatic carbocycles. The van der Waals surface area contributed by atoms with Gasteiger partial charge in [0.05, 0.1) is 10.2 Å². The summed E-state index contributed by atoms with van der Waals surface area (Å²) in [5.41, 5.74) is 15.6. The summed E-state index contributed by atoms with van der Waals surface area (Å²) in [5.74, 6) is 0.649. The number of benzene rings is 1. The number of thiazole rings is 1. The van der Waals surface area contributed by atoms with Gasteiger partial charge < -0.3 is 16.8 Å². The fourth-order valence-corrected chi connectivity index (χ4v) is 3.80. The highest BCUT2D eigenvalue weighted by atomic mass is 32.1. The second-order valence-electron chi connectivity index (χ2n) is 6.18. The molecule has 2 amide bonds. The molecule has 0 saturated carbocycles. The van der Waals surface area contributed by atoms with Crippen LogP contribution >= 0.6 is 11.3 Å². The number of nitrogens with two attached hydrogens (primary N) is 2. The number of rotatable bonds is 4. The van der Waals surface area contributed by atoms with Gasteiger partial charge in [-0.1, -0.05) is 11.3 Å². The minimum absolute atomic E-state index is 0.201. The van der Waals surface area contributed by atoms with Gasteiger partial charge in [0.1, 0.15) is 5.82 Å². The van der Waals surface area contributed by atoms with Crippen molar-refractivity contribution in [1.82, 2.24) is 25.3 Å². The van der Waals surface area contributed by atoms with E-state index in [0.29, 0.717) is 17.5 Å². The number of urea groups is 1. The molecule has 0 spiro atoms. The minimum Gasteiger partial charge on any atom is -0.384 e. The summed E-state index contributed by atoms with van der Waals surface area (Å²) in [6.45, 7) is 2.38. The maximum atomic E-state index is 11.9. The number of pyridine rings is 1. The average molecular weight is 406 g/mol. The number of aromatic nitrogens is 4. The standard InChI is InChI=1S/C19H18N8OS/c1-2-22-18(28)27-19-26-14-6-11(10-3-4-15(20)23-7-10)5-13(16(14)29-19)12-8-24-17(21)25-9-12/h3-9H,2H2,1H3,(H2,20,23)(H2,21,24,25)(H2,22,26,27,28). The third-order valence-electron chi connectivity index (χ3n) is 4.15. The van der Waals surface area contributed by atoms with E-state index < -0.39 is 0 Å². The smallest absolute Gasteiger partial charge is 0.321 e. The van der Waals surface area contributed by atoms with Gasteiger partial charge in [-0.2, -0.15) is 0 Å². The van der Waals surface area contributed by atoms with E-state index in [-0.39, 0.29) is 12.0 Å². The largest absolute Gasteiger partial charge is 0.384 e. The first kappa shape index (κ1) is 18.6. The van der Waals surface area contributed by atoms with Gasteiger partial charge in [0.15, 0.2) is 5.13 Å². The molecule has 3 aromatic heterocycles. The Kier molecular flexibility index (Phi) is 4.92. The van der Waals surface area contributed by atoms with Crippen molar-refractivity contribution in [2.24, 2.45) is 0 Å². The molecule has 0 bridgehead atoms. The lowest BCUT2D eigenvalue weighted by Crippen LogP contribution is -2.28. The Morgan fingerprint density at radius 1 is 1.03 bits per heavy atom. The first-order chi connectivity index (χ1) is 14.0. The Morgan fingerprint density at radius 3 is 2.48 bits per heavy atom. The van der Waals surface area contributed by atoms with Crippen LogP contribution in [0.25, 0.3) is 32.5 Å². The molecule has 0 aliphatic heterocycles. The summed E-state index contributed by atoms with van der Waals surface area (Å²) in [6.07, 6.45) is 5.04. The molecule has 10 heteroatoms. The quantitative estimate of drug-likeness (QED) is 0.407. The number of nitrogens with one attached hydrogen (secondary N) is 2. The molecule has 4 aromatic rings. The highest BCUT2D eigenvalue weighted by molar-refractivity contribution is 7.22. The van der Waals surface area contributed by atoms with E-state index in [1.807, 2.05) is 25.1 Å². The summed E-state index contributed by atoms with van der Waals surface area (Å²) in [6, 6.07) is 7.30. The van der Waals surface area contributed by atoms with Crippen LogP contribution < -0.4 is 22.1 Å². The molecule has 0 atom stereocenters. The number of carbonyl (C=O) groups excluding carboxylic acids is 1. The van der Waals surface area contributed by atoms with Crippen LogP contribution in [0.15, 0.2) is 42.9 Å². The van der Waals surface area contributed by atoms with Gasteiger partial charge in [-0.15, -0.1) is 0 Å². The molecular formula is C19H18N8OS. The highest BCUT2D eigenvalue weighted by Gasteiger charge is 2.15. The van der Waals surface area contributed by atoms with Crippen molar-refractivity contribution in [2.45, 2.75) is 6.92 Å². The Balaban J connectivity index is 1.86. The Labute approximate surface area is 170 Å². The third kappa shape index (κ3) is 3.92. The van der Waals surface area contributed by atoms with Crippen LogP contribution in [0.2, 0.25) is 0 Å². The zero-order chi connectivity index (χ0) is 20.4. The molecule has 0 fully saturated rings. The van der Waals surface area contributed by atoms with E-state index in [1.165, 1.54) is 11.3 Å². The van der Waals surface area contributed by atoms with Crippen molar-refractivity contribution in [3.05, 3.63) is 42.9 Å². The number of nitrogens with zero attached hydrogens (tertiary/aromatic N) is 4. The lowest BCUT2D eigenvalue weighted by molar-refractivity contribution is 0.252. The van der Waals surface area contributed by atoms with E-state index in [9.17, 15) is 4.79 Å². The molecule has 3 heterocycles. The first-order valence-corrected chi connectivity index (χ1v) is 9.64. The average Bonchev–Trinajstić information content (AvgIpc) is 3.11. The highest BCUT2D eigenvalue weighted by Crippen LogP contribution is 2.38. The topological polar surface area (TPSA) is 145 Å². The lowest BCUT2D eigenvalue weighted by atomic mass is 10.0. The van der Waals surface area contributed by atoms with Gasteiger partial charge in [0, 0.05) is 41.8 Å². The van der Waals surface area contributed by atoms with Crippen LogP contribution in [0.3, 0.4) is 0 Å². The maximum absolute atomic E-state index is 11.9. The van der Waals surface area contributed by atoms with E-state index in [0.717, 1.165) is 32.5 Å². The third-order valence-corrected chi connectivity index (χ3v) is 5.17. The van der Waals surface area contributed by atoms with Crippen molar-refractivity contribution in [2.75, 3.05) is 23.3 Å². The fourth-order valence-electron chi connectivity index (χ4n) is 2.82. The Hall–Kier alpha value is -3.79. The first-order valence-electron chi connectivity index (χ1n) is 8.82. The van der Waals surface area contributed by atoms with Crippen LogP contribution in [0.5, 0.6) is 0 Å². The van der Waals surface area contributed by atoms with Crippen LogP contribution in [0.4, 0.5) is 21.7 Å². The number of anilines is 3. The molecule has 6 N–H and O–H groups in total. The number of nitrogen functional groups attached to an aromatic ring is 2. The Bertz CT molecular complexity index is 1170. The molecule has 0 radical (unpaired) electrons. The van der Waals surface area contributed by atoms with Crippen molar-refractivity contribution in [1.29, 1.82) is 0 Å². The minimum atomic E-state index is -0.299. The van der Waals surface area contributed by atoms with Gasteiger partial charge in [-0.3, -0.25) is 5.32 Å². The van der Waals surface area contributed by atoms with Gasteiger partial charge >= 0.3 is 6.03 Å². The van der Waals surface area contributed by atoms with Gasteiger partial charge in [0.2, 0.25) is 5.95 Å². The predicted molar refractivity (Wildman–Crippen MR) is 115 cm³/mol. The summed E-state index contributed by atoms with van der Waals surface area (Å²) in [5, 5.41) is 5.96. The van der Waals surface area contributed by atoms with Crippen LogP contribution in [0.1, 0.15) is 6.92 Å². The number of amides is 2. The van der Waals surface area contributed by atoms with Crippen LogP contribution in [0, 0.1) is 0 Å². The van der Waals surface area contributed by atoms with E-state index in [1.54, 1.807) is 24.7 Å². The second kappa shape index (κ2) is 7.68. The molecule has 0 aliphatic rings. The molecule has 146 valence electrons. The number of carbonyl (C=O) groups is 1. The maximum Gasteiger partial charge on any atom is 0.321 e. The summed E-state index contributed by atoms with van der Waals surface area (Å²) in [7, 11) is 0. The molecule has 0 aliphatic carbocycles. The van der Waals surface area contributed by atoms with E-state index in [4.69, 9.17) is 11.5 Å². The van der Waals surface area contributed by atoms with Crippen molar-refractivity contribution >= 4 is 44.5 Å². The normalized spacial score (nSPS) is 10.8. The fraction of sp³-hybridized carbons (Fsp3) is 0.105. The SMILES string of the molecule is CCNC(=O)Nc1nc2cc(-c3ccc(N)nc3)cc(-c3cnc(N)nc3)c2s1. The molecule has 4 rings (SSSR count). The number of fused-ring (bicyclic) bond motifs is 1. The van der Waals surface area contributed by atoms with Gasteiger partial charge in [-0.25, -0.2) is 24.7 Å². The van der Waals surface area contributed by atoms with Gasteiger partial charge in [0.25, 0.3) is 0 Å². The molecule has 0 unspecified atom stereocenters.